The highest BCUT2D eigenvalue weighted by Gasteiger charge is 1.94. The Bertz CT molecular complexity index is 244. The molecule has 4 heteroatoms. The summed E-state index contributed by atoms with van der Waals surface area (Å²) < 4.78 is 0.785. The maximum absolute atomic E-state index is 5.34. The van der Waals surface area contributed by atoms with Crippen molar-refractivity contribution < 1.29 is 0 Å². The quantitative estimate of drug-likeness (QED) is 0.572. The molecule has 0 aliphatic heterocycles. The molecular weight excluding hydrogens is 212 g/mol. The van der Waals surface area contributed by atoms with Crippen molar-refractivity contribution in [1.29, 1.82) is 0 Å². The third kappa shape index (κ3) is 1.75. The van der Waals surface area contributed by atoms with E-state index in [9.17, 15) is 0 Å². The largest absolute Gasteiger partial charge is 0.389 e. The lowest BCUT2D eigenvalue weighted by molar-refractivity contribution is 1.27. The molecule has 0 radical (unpaired) electrons. The highest BCUT2D eigenvalue weighted by atomic mass is 79.9. The number of aromatic nitrogens is 1. The lowest BCUT2D eigenvalue weighted by Gasteiger charge is -1.94. The first-order chi connectivity index (χ1) is 4.70. The molecule has 0 spiro atoms. The molecule has 10 heavy (non-hydrogen) atoms. The number of hydrogen-bond donors (Lipinski definition) is 1. The summed E-state index contributed by atoms with van der Waals surface area (Å²) in [5.74, 6) is 0. The minimum Gasteiger partial charge on any atom is -0.389 e. The Labute approximate surface area is 72.6 Å². The predicted octanol–water partition coefficient (Wildman–Crippen LogP) is 1.48. The van der Waals surface area contributed by atoms with Gasteiger partial charge in [0.1, 0.15) is 9.59 Å². The first kappa shape index (κ1) is 7.63. The first-order valence-corrected chi connectivity index (χ1v) is 3.81. The molecule has 2 N–H and O–H groups in total. The van der Waals surface area contributed by atoms with Crippen LogP contribution in [0.4, 0.5) is 0 Å². The Hall–Kier alpha value is -0.480. The molecule has 0 amide bonds. The van der Waals surface area contributed by atoms with Crippen LogP contribution in [0.1, 0.15) is 5.56 Å². The smallest absolute Gasteiger partial charge is 0.106 e. The van der Waals surface area contributed by atoms with Gasteiger partial charge < -0.3 is 5.73 Å². The van der Waals surface area contributed by atoms with Crippen LogP contribution in [0.25, 0.3) is 0 Å². The molecule has 2 nitrogen and oxygen atoms in total. The van der Waals surface area contributed by atoms with Crippen LogP contribution in [0, 0.1) is 0 Å². The zero-order valence-electron chi connectivity index (χ0n) is 5.04. The van der Waals surface area contributed by atoms with E-state index in [1.807, 2.05) is 6.07 Å². The Morgan fingerprint density at radius 3 is 2.70 bits per heavy atom. The molecular formula is C6H5BrN2S. The topological polar surface area (TPSA) is 38.9 Å². The van der Waals surface area contributed by atoms with Crippen molar-refractivity contribution in [2.45, 2.75) is 0 Å². The number of hydrogen-bond acceptors (Lipinski definition) is 2. The van der Waals surface area contributed by atoms with Crippen LogP contribution >= 0.6 is 28.1 Å². The number of rotatable bonds is 1. The Kier molecular flexibility index (Phi) is 2.34. The van der Waals surface area contributed by atoms with Crippen molar-refractivity contribution in [3.05, 3.63) is 28.5 Å². The van der Waals surface area contributed by atoms with Crippen molar-refractivity contribution in [1.82, 2.24) is 4.98 Å². The average Bonchev–Trinajstić information content (AvgIpc) is 1.88. The zero-order valence-corrected chi connectivity index (χ0v) is 7.45. The summed E-state index contributed by atoms with van der Waals surface area (Å²) in [6.45, 7) is 0. The molecule has 0 bridgehead atoms. The maximum atomic E-state index is 5.34. The highest BCUT2D eigenvalue weighted by Crippen LogP contribution is 2.05. The maximum Gasteiger partial charge on any atom is 0.106 e. The summed E-state index contributed by atoms with van der Waals surface area (Å²) in [6.07, 6.45) is 1.63. The molecule has 1 aromatic rings. The lowest BCUT2D eigenvalue weighted by Crippen LogP contribution is -2.09. The van der Waals surface area contributed by atoms with Gasteiger partial charge in [-0.15, -0.1) is 0 Å². The summed E-state index contributed by atoms with van der Waals surface area (Å²) in [5, 5.41) is 0. The van der Waals surface area contributed by atoms with Crippen LogP contribution in [0.3, 0.4) is 0 Å². The summed E-state index contributed by atoms with van der Waals surface area (Å²) in [4.78, 5) is 4.32. The van der Waals surface area contributed by atoms with Crippen molar-refractivity contribution in [3.8, 4) is 0 Å². The third-order valence-corrected chi connectivity index (χ3v) is 1.72. The van der Waals surface area contributed by atoms with Gasteiger partial charge in [0.05, 0.1) is 0 Å². The third-order valence-electron chi connectivity index (χ3n) is 1.01. The number of nitrogens with two attached hydrogens (primary N) is 1. The predicted molar refractivity (Wildman–Crippen MR) is 47.8 cm³/mol. The molecule has 0 saturated heterocycles. The number of pyridine rings is 1. The van der Waals surface area contributed by atoms with Gasteiger partial charge in [-0.25, -0.2) is 4.98 Å². The molecule has 0 atom stereocenters. The van der Waals surface area contributed by atoms with E-state index in [1.165, 1.54) is 0 Å². The standard InChI is InChI=1S/C6H5BrN2S/c7-5-2-1-4(3-9-5)6(8)10/h1-3H,(H2,8,10). The number of halogens is 1. The minimum absolute atomic E-state index is 0.375. The average molecular weight is 217 g/mol. The summed E-state index contributed by atoms with van der Waals surface area (Å²) in [5.41, 5.74) is 6.13. The molecule has 0 aliphatic carbocycles. The van der Waals surface area contributed by atoms with Gasteiger partial charge in [-0.1, -0.05) is 12.2 Å². The second-order valence-electron chi connectivity index (χ2n) is 1.73. The van der Waals surface area contributed by atoms with Crippen molar-refractivity contribution in [2.75, 3.05) is 0 Å². The van der Waals surface area contributed by atoms with Crippen LogP contribution < -0.4 is 5.73 Å². The fraction of sp³-hybridized carbons (Fsp3) is 0. The minimum atomic E-state index is 0.375. The number of nitrogens with zero attached hydrogens (tertiary/aromatic N) is 1. The van der Waals surface area contributed by atoms with E-state index in [2.05, 4.69) is 20.9 Å². The van der Waals surface area contributed by atoms with E-state index < -0.39 is 0 Å². The van der Waals surface area contributed by atoms with E-state index in [4.69, 9.17) is 18.0 Å². The first-order valence-electron chi connectivity index (χ1n) is 2.61. The Morgan fingerprint density at radius 2 is 2.30 bits per heavy atom. The molecule has 1 aromatic heterocycles. The van der Waals surface area contributed by atoms with Gasteiger partial charge >= 0.3 is 0 Å². The molecule has 0 unspecified atom stereocenters. The molecule has 0 aromatic carbocycles. The lowest BCUT2D eigenvalue weighted by atomic mass is 10.3. The van der Waals surface area contributed by atoms with E-state index in [-0.39, 0.29) is 0 Å². The second-order valence-corrected chi connectivity index (χ2v) is 2.99. The molecule has 0 fully saturated rings. The fourth-order valence-electron chi connectivity index (χ4n) is 0.522. The van der Waals surface area contributed by atoms with E-state index in [0.29, 0.717) is 4.99 Å². The SMILES string of the molecule is NC(=S)c1ccc(Br)nc1. The van der Waals surface area contributed by atoms with Crippen molar-refractivity contribution >= 4 is 33.1 Å². The van der Waals surface area contributed by atoms with Gasteiger partial charge in [-0.2, -0.15) is 0 Å². The molecule has 52 valence electrons. The monoisotopic (exact) mass is 216 g/mol. The molecule has 1 heterocycles. The van der Waals surface area contributed by atoms with E-state index in [0.717, 1.165) is 10.2 Å². The molecule has 0 saturated carbocycles. The normalized spacial score (nSPS) is 9.30. The fourth-order valence-corrected chi connectivity index (χ4v) is 0.877. The van der Waals surface area contributed by atoms with Crippen LogP contribution in [0.5, 0.6) is 0 Å². The van der Waals surface area contributed by atoms with Gasteiger partial charge in [-0.05, 0) is 28.1 Å². The van der Waals surface area contributed by atoms with Gasteiger partial charge in [0.15, 0.2) is 0 Å². The van der Waals surface area contributed by atoms with Crippen LogP contribution in [-0.4, -0.2) is 9.97 Å². The van der Waals surface area contributed by atoms with Crippen LogP contribution in [0.2, 0.25) is 0 Å². The van der Waals surface area contributed by atoms with Crippen molar-refractivity contribution in [3.63, 3.8) is 0 Å². The van der Waals surface area contributed by atoms with Gasteiger partial charge in [-0.3, -0.25) is 0 Å². The van der Waals surface area contributed by atoms with E-state index in [1.54, 1.807) is 12.3 Å². The molecule has 1 rings (SSSR count). The Morgan fingerprint density at radius 1 is 1.60 bits per heavy atom. The molecule has 0 aliphatic rings. The Balaban J connectivity index is 3.00. The van der Waals surface area contributed by atoms with E-state index >= 15 is 0 Å². The highest BCUT2D eigenvalue weighted by molar-refractivity contribution is 9.10. The van der Waals surface area contributed by atoms with Gasteiger partial charge in [0.2, 0.25) is 0 Å². The van der Waals surface area contributed by atoms with Crippen molar-refractivity contribution in [2.24, 2.45) is 5.73 Å². The zero-order chi connectivity index (χ0) is 7.56. The van der Waals surface area contributed by atoms with Gasteiger partial charge in [0, 0.05) is 11.8 Å². The van der Waals surface area contributed by atoms with Gasteiger partial charge in [0.25, 0.3) is 0 Å². The summed E-state index contributed by atoms with van der Waals surface area (Å²) >= 11 is 7.93. The second kappa shape index (κ2) is 3.07. The summed E-state index contributed by atoms with van der Waals surface area (Å²) in [7, 11) is 0. The number of thiocarbonyl (C=S) groups is 1. The van der Waals surface area contributed by atoms with Crippen LogP contribution in [-0.2, 0) is 0 Å². The summed E-state index contributed by atoms with van der Waals surface area (Å²) in [6, 6.07) is 3.62. The van der Waals surface area contributed by atoms with Crippen LogP contribution in [0.15, 0.2) is 22.9 Å².